The van der Waals surface area contributed by atoms with Gasteiger partial charge in [-0.2, -0.15) is 0 Å². The molecule has 0 radical (unpaired) electrons. The molecule has 0 atom stereocenters. The fourth-order valence-electron chi connectivity index (χ4n) is 3.12. The molecule has 2 amide bonds. The third-order valence-electron chi connectivity index (χ3n) is 4.45. The highest BCUT2D eigenvalue weighted by atomic mass is 16.2. The second kappa shape index (κ2) is 5.23. The predicted octanol–water partition coefficient (Wildman–Crippen LogP) is 0.753. The molecule has 20 heavy (non-hydrogen) atoms. The van der Waals surface area contributed by atoms with Gasteiger partial charge in [0.15, 0.2) is 0 Å². The average molecular weight is 273 g/mol. The van der Waals surface area contributed by atoms with Gasteiger partial charge in [-0.05, 0) is 29.9 Å². The van der Waals surface area contributed by atoms with E-state index < -0.39 is 0 Å². The second-order valence-corrected chi connectivity index (χ2v) is 5.87. The number of carbonyl (C=O) groups is 2. The number of piperidine rings is 1. The molecule has 0 aromatic carbocycles. The molecule has 2 aliphatic rings. The Bertz CT molecular complexity index is 507. The maximum atomic E-state index is 12.3. The molecule has 2 fully saturated rings. The molecule has 5 heteroatoms. The van der Waals surface area contributed by atoms with Gasteiger partial charge in [-0.3, -0.25) is 14.6 Å². The SMILES string of the molecule is O=C1CC2(CCN(C(=O)Cc3cccnc3)CC2)CN1. The van der Waals surface area contributed by atoms with Crippen LogP contribution < -0.4 is 5.32 Å². The van der Waals surface area contributed by atoms with Gasteiger partial charge in [0.1, 0.15) is 0 Å². The van der Waals surface area contributed by atoms with Gasteiger partial charge in [0.2, 0.25) is 11.8 Å². The van der Waals surface area contributed by atoms with Gasteiger partial charge in [-0.1, -0.05) is 6.07 Å². The lowest BCUT2D eigenvalue weighted by Gasteiger charge is -2.38. The molecule has 106 valence electrons. The van der Waals surface area contributed by atoms with Gasteiger partial charge >= 0.3 is 0 Å². The molecular weight excluding hydrogens is 254 g/mol. The van der Waals surface area contributed by atoms with Crippen molar-refractivity contribution in [3.05, 3.63) is 30.1 Å². The predicted molar refractivity (Wildman–Crippen MR) is 73.8 cm³/mol. The standard InChI is InChI=1S/C15H19N3O2/c19-13-9-15(11-17-13)3-6-18(7-4-15)14(20)8-12-2-1-5-16-10-12/h1-2,5,10H,3-4,6-9,11H2,(H,17,19). The number of nitrogens with one attached hydrogen (secondary N) is 1. The first-order valence-electron chi connectivity index (χ1n) is 7.10. The monoisotopic (exact) mass is 273 g/mol. The van der Waals surface area contributed by atoms with Crippen molar-refractivity contribution in [2.45, 2.75) is 25.7 Å². The lowest BCUT2D eigenvalue weighted by atomic mass is 9.77. The van der Waals surface area contributed by atoms with Crippen LogP contribution in [0, 0.1) is 5.41 Å². The highest BCUT2D eigenvalue weighted by Crippen LogP contribution is 2.37. The molecule has 3 rings (SSSR count). The lowest BCUT2D eigenvalue weighted by Crippen LogP contribution is -2.44. The van der Waals surface area contributed by atoms with Crippen LogP contribution in [0.25, 0.3) is 0 Å². The van der Waals surface area contributed by atoms with Gasteiger partial charge in [-0.15, -0.1) is 0 Å². The van der Waals surface area contributed by atoms with Gasteiger partial charge in [0.05, 0.1) is 6.42 Å². The maximum absolute atomic E-state index is 12.3. The third kappa shape index (κ3) is 2.66. The summed E-state index contributed by atoms with van der Waals surface area (Å²) < 4.78 is 0. The Balaban J connectivity index is 1.55. The molecule has 1 spiro atoms. The first kappa shape index (κ1) is 13.1. The van der Waals surface area contributed by atoms with Gasteiger partial charge in [0.25, 0.3) is 0 Å². The Hall–Kier alpha value is -1.91. The summed E-state index contributed by atoms with van der Waals surface area (Å²) in [6, 6.07) is 3.78. The number of nitrogens with zero attached hydrogens (tertiary/aromatic N) is 2. The van der Waals surface area contributed by atoms with Crippen molar-refractivity contribution in [1.29, 1.82) is 0 Å². The summed E-state index contributed by atoms with van der Waals surface area (Å²) in [5.41, 5.74) is 1.05. The Morgan fingerprint density at radius 3 is 2.80 bits per heavy atom. The number of hydrogen-bond acceptors (Lipinski definition) is 3. The normalized spacial score (nSPS) is 21.0. The summed E-state index contributed by atoms with van der Waals surface area (Å²) in [7, 11) is 0. The fraction of sp³-hybridized carbons (Fsp3) is 0.533. The minimum absolute atomic E-state index is 0.0994. The smallest absolute Gasteiger partial charge is 0.227 e. The summed E-state index contributed by atoms with van der Waals surface area (Å²) >= 11 is 0. The second-order valence-electron chi connectivity index (χ2n) is 5.87. The van der Waals surface area contributed by atoms with Crippen LogP contribution in [0.15, 0.2) is 24.5 Å². The topological polar surface area (TPSA) is 62.3 Å². The van der Waals surface area contributed by atoms with Crippen molar-refractivity contribution in [3.63, 3.8) is 0 Å². The van der Waals surface area contributed by atoms with Crippen LogP contribution in [0.2, 0.25) is 0 Å². The number of rotatable bonds is 2. The zero-order valence-corrected chi connectivity index (χ0v) is 11.5. The number of hydrogen-bond donors (Lipinski definition) is 1. The quantitative estimate of drug-likeness (QED) is 0.865. The summed E-state index contributed by atoms with van der Waals surface area (Å²) in [5.74, 6) is 0.310. The number of aromatic nitrogens is 1. The maximum Gasteiger partial charge on any atom is 0.227 e. The summed E-state index contributed by atoms with van der Waals surface area (Å²) in [4.78, 5) is 29.6. The van der Waals surface area contributed by atoms with E-state index >= 15 is 0 Å². The number of likely N-dealkylation sites (tertiary alicyclic amines) is 1. The van der Waals surface area contributed by atoms with E-state index in [-0.39, 0.29) is 17.2 Å². The van der Waals surface area contributed by atoms with Crippen molar-refractivity contribution < 1.29 is 9.59 Å². The van der Waals surface area contributed by atoms with Crippen LogP contribution in [0.4, 0.5) is 0 Å². The molecule has 1 aromatic rings. The molecule has 2 saturated heterocycles. The first-order chi connectivity index (χ1) is 9.67. The molecule has 3 heterocycles. The number of pyridine rings is 1. The number of carbonyl (C=O) groups excluding carboxylic acids is 2. The molecule has 5 nitrogen and oxygen atoms in total. The summed E-state index contributed by atoms with van der Waals surface area (Å²) in [5, 5.41) is 2.91. The summed E-state index contributed by atoms with van der Waals surface area (Å²) in [6.07, 6.45) is 6.33. The van der Waals surface area contributed by atoms with Crippen molar-refractivity contribution in [3.8, 4) is 0 Å². The van der Waals surface area contributed by atoms with Gasteiger partial charge in [0, 0.05) is 38.4 Å². The molecular formula is C15H19N3O2. The van der Waals surface area contributed by atoms with E-state index in [4.69, 9.17) is 0 Å². The molecule has 1 aromatic heterocycles. The average Bonchev–Trinajstić information content (AvgIpc) is 2.81. The van der Waals surface area contributed by atoms with Crippen LogP contribution >= 0.6 is 0 Å². The minimum atomic E-state index is 0.0994. The van der Waals surface area contributed by atoms with Crippen LogP contribution in [-0.2, 0) is 16.0 Å². The van der Waals surface area contributed by atoms with Crippen molar-refractivity contribution in [1.82, 2.24) is 15.2 Å². The van der Waals surface area contributed by atoms with Crippen molar-refractivity contribution >= 4 is 11.8 Å². The Kier molecular flexibility index (Phi) is 3.42. The van der Waals surface area contributed by atoms with E-state index in [1.165, 1.54) is 0 Å². The van der Waals surface area contributed by atoms with Gasteiger partial charge < -0.3 is 10.2 Å². The van der Waals surface area contributed by atoms with Crippen LogP contribution in [0.3, 0.4) is 0 Å². The van der Waals surface area contributed by atoms with E-state index in [1.54, 1.807) is 12.4 Å². The lowest BCUT2D eigenvalue weighted by molar-refractivity contribution is -0.132. The molecule has 0 bridgehead atoms. The van der Waals surface area contributed by atoms with Gasteiger partial charge in [-0.25, -0.2) is 0 Å². The first-order valence-corrected chi connectivity index (χ1v) is 7.10. The molecule has 0 unspecified atom stereocenters. The van der Waals surface area contributed by atoms with Crippen molar-refractivity contribution in [2.75, 3.05) is 19.6 Å². The van der Waals surface area contributed by atoms with Crippen LogP contribution in [-0.4, -0.2) is 41.3 Å². The Morgan fingerprint density at radius 2 is 2.20 bits per heavy atom. The van der Waals surface area contributed by atoms with E-state index in [0.717, 1.165) is 38.0 Å². The summed E-state index contributed by atoms with van der Waals surface area (Å²) in [6.45, 7) is 2.29. The van der Waals surface area contributed by atoms with Crippen LogP contribution in [0.5, 0.6) is 0 Å². The van der Waals surface area contributed by atoms with E-state index in [0.29, 0.717) is 12.8 Å². The highest BCUT2D eigenvalue weighted by Gasteiger charge is 2.41. The molecule has 0 aliphatic carbocycles. The van der Waals surface area contributed by atoms with Crippen molar-refractivity contribution in [2.24, 2.45) is 5.41 Å². The van der Waals surface area contributed by atoms with E-state index in [9.17, 15) is 9.59 Å². The fourth-order valence-corrected chi connectivity index (χ4v) is 3.12. The highest BCUT2D eigenvalue weighted by molar-refractivity contribution is 5.80. The van der Waals surface area contributed by atoms with E-state index in [2.05, 4.69) is 10.3 Å². The molecule has 2 aliphatic heterocycles. The molecule has 0 saturated carbocycles. The molecule has 1 N–H and O–H groups in total. The zero-order valence-electron chi connectivity index (χ0n) is 11.5. The Morgan fingerprint density at radius 1 is 1.40 bits per heavy atom. The van der Waals surface area contributed by atoms with E-state index in [1.807, 2.05) is 17.0 Å². The zero-order chi connectivity index (χ0) is 14.0. The largest absolute Gasteiger partial charge is 0.356 e. The Labute approximate surface area is 118 Å². The minimum Gasteiger partial charge on any atom is -0.356 e. The third-order valence-corrected chi connectivity index (χ3v) is 4.45. The van der Waals surface area contributed by atoms with Crippen LogP contribution in [0.1, 0.15) is 24.8 Å². The number of amides is 2.